The molecule has 0 heterocycles. The number of nitrogens with two attached hydrogens (primary N) is 2. The van der Waals surface area contributed by atoms with Crippen LogP contribution in [0.3, 0.4) is 0 Å². The topological polar surface area (TPSA) is 137 Å². The first-order valence-electron chi connectivity index (χ1n) is 14.6. The van der Waals surface area contributed by atoms with Crippen molar-refractivity contribution in [3.05, 3.63) is 136 Å². The van der Waals surface area contributed by atoms with Gasteiger partial charge in [-0.2, -0.15) is 0 Å². The highest BCUT2D eigenvalue weighted by molar-refractivity contribution is 5.98. The number of primary amides is 1. The minimum absolute atomic E-state index is 0.119. The Balaban J connectivity index is 1.67. The van der Waals surface area contributed by atoms with Crippen molar-refractivity contribution in [2.45, 2.75) is 44.8 Å². The van der Waals surface area contributed by atoms with Crippen molar-refractivity contribution in [3.63, 3.8) is 0 Å². The molecule has 6 N–H and O–H groups in total. The number of carbonyl (C=O) groups excluding carboxylic acids is 3. The van der Waals surface area contributed by atoms with E-state index in [2.05, 4.69) is 10.6 Å². The maximum atomic E-state index is 15.4. The Kier molecular flexibility index (Phi) is 11.4. The Morgan fingerprint density at radius 2 is 1.40 bits per heavy atom. The Bertz CT molecular complexity index is 1610. The van der Waals surface area contributed by atoms with Crippen LogP contribution in [0, 0.1) is 11.6 Å². The average Bonchev–Trinajstić information content (AvgIpc) is 3.05. The maximum Gasteiger partial charge on any atom is 0.249 e. The number of hydrogen-bond donors (Lipinski definition) is 4. The molecule has 0 aliphatic rings. The lowest BCUT2D eigenvalue weighted by Crippen LogP contribution is -2.49. The quantitative estimate of drug-likeness (QED) is 0.168. The smallest absolute Gasteiger partial charge is 0.249 e. The Labute approximate surface area is 260 Å². The lowest BCUT2D eigenvalue weighted by Gasteiger charge is -2.24. The van der Waals surface area contributed by atoms with Gasteiger partial charge in [0.25, 0.3) is 0 Å². The van der Waals surface area contributed by atoms with Crippen molar-refractivity contribution in [1.29, 1.82) is 0 Å². The van der Waals surface area contributed by atoms with Crippen LogP contribution in [0.5, 0.6) is 5.75 Å². The predicted molar refractivity (Wildman–Crippen MR) is 167 cm³/mol. The van der Waals surface area contributed by atoms with Crippen molar-refractivity contribution in [2.75, 3.05) is 6.61 Å². The van der Waals surface area contributed by atoms with Gasteiger partial charge in [0.2, 0.25) is 17.7 Å². The van der Waals surface area contributed by atoms with Gasteiger partial charge in [0.05, 0.1) is 12.5 Å². The molecule has 0 aliphatic carbocycles. The van der Waals surface area contributed by atoms with Gasteiger partial charge in [-0.15, -0.1) is 0 Å². The van der Waals surface area contributed by atoms with Gasteiger partial charge in [-0.25, -0.2) is 8.78 Å². The van der Waals surface area contributed by atoms with Gasteiger partial charge in [-0.3, -0.25) is 14.4 Å². The van der Waals surface area contributed by atoms with Gasteiger partial charge >= 0.3 is 0 Å². The number of amides is 3. The highest BCUT2D eigenvalue weighted by atomic mass is 19.2. The first-order valence-corrected chi connectivity index (χ1v) is 14.6. The minimum atomic E-state index is -1.41. The van der Waals surface area contributed by atoms with Gasteiger partial charge < -0.3 is 26.8 Å². The maximum absolute atomic E-state index is 15.4. The lowest BCUT2D eigenvalue weighted by molar-refractivity contribution is -0.129. The number of rotatable bonds is 14. The standard InChI is InChI=1S/C35H36F2N4O4/c1-2-45-26-14-12-23(13-15-26)18-28(31-27(33(39)42)16-17-29(36)32(31)37)34(43)41-30(19-22-6-4-3-5-7-22)35(44)40-21-25-10-8-24(20-38)9-11-25/h3-17,28,30H,2,18-21,38H2,1H3,(H2,39,42)(H,40,44)(H,41,43)/t28-,30+/m1/s1. The lowest BCUT2D eigenvalue weighted by atomic mass is 9.86. The first-order chi connectivity index (χ1) is 21.7. The molecule has 234 valence electrons. The Morgan fingerprint density at radius 1 is 0.778 bits per heavy atom. The van der Waals surface area contributed by atoms with Gasteiger partial charge in [0.15, 0.2) is 11.6 Å². The van der Waals surface area contributed by atoms with Crippen LogP contribution in [0.15, 0.2) is 91.0 Å². The van der Waals surface area contributed by atoms with E-state index in [-0.39, 0.29) is 24.9 Å². The summed E-state index contributed by atoms with van der Waals surface area (Å²) in [6.45, 7) is 2.86. The molecule has 0 aromatic heterocycles. The molecule has 2 atom stereocenters. The summed E-state index contributed by atoms with van der Waals surface area (Å²) in [6.07, 6.45) is 0.000662. The second-order valence-corrected chi connectivity index (χ2v) is 10.5. The number of nitrogens with one attached hydrogen (secondary N) is 2. The van der Waals surface area contributed by atoms with Crippen LogP contribution in [0.2, 0.25) is 0 Å². The number of halogens is 2. The Hall–Kier alpha value is -5.09. The SMILES string of the molecule is CCOc1ccc(C[C@@H](C(=O)N[C@@H](Cc2ccccc2)C(=O)NCc2ccc(CN)cc2)c2c(C(N)=O)ccc(F)c2F)cc1. The molecule has 10 heteroatoms. The van der Waals surface area contributed by atoms with Gasteiger partial charge in [0, 0.05) is 30.6 Å². The number of benzene rings is 4. The van der Waals surface area contributed by atoms with E-state index in [4.69, 9.17) is 16.2 Å². The fourth-order valence-corrected chi connectivity index (χ4v) is 5.01. The van der Waals surface area contributed by atoms with Gasteiger partial charge in [-0.1, -0.05) is 66.7 Å². The summed E-state index contributed by atoms with van der Waals surface area (Å²) in [5.41, 5.74) is 13.5. The molecule has 4 aromatic rings. The molecular formula is C35H36F2N4O4. The molecule has 0 bridgehead atoms. The number of ether oxygens (including phenoxy) is 1. The van der Waals surface area contributed by atoms with E-state index < -0.39 is 46.9 Å². The molecule has 4 rings (SSSR count). The van der Waals surface area contributed by atoms with Crippen molar-refractivity contribution < 1.29 is 27.9 Å². The molecule has 0 fully saturated rings. The molecule has 0 unspecified atom stereocenters. The molecule has 8 nitrogen and oxygen atoms in total. The largest absolute Gasteiger partial charge is 0.494 e. The summed E-state index contributed by atoms with van der Waals surface area (Å²) >= 11 is 0. The van der Waals surface area contributed by atoms with E-state index in [1.807, 2.05) is 49.4 Å². The van der Waals surface area contributed by atoms with Crippen LogP contribution in [0.1, 0.15) is 51.0 Å². The van der Waals surface area contributed by atoms with Crippen LogP contribution in [0.25, 0.3) is 0 Å². The van der Waals surface area contributed by atoms with Gasteiger partial charge in [-0.05, 0) is 59.9 Å². The number of carbonyl (C=O) groups is 3. The zero-order chi connectivity index (χ0) is 32.3. The molecular weight excluding hydrogens is 578 g/mol. The van der Waals surface area contributed by atoms with Crippen molar-refractivity contribution in [2.24, 2.45) is 11.5 Å². The fourth-order valence-electron chi connectivity index (χ4n) is 5.01. The third-order valence-electron chi connectivity index (χ3n) is 7.38. The highest BCUT2D eigenvalue weighted by Crippen LogP contribution is 2.30. The summed E-state index contributed by atoms with van der Waals surface area (Å²) in [5.74, 6) is -5.69. The molecule has 0 saturated carbocycles. The summed E-state index contributed by atoms with van der Waals surface area (Å²) in [7, 11) is 0. The summed E-state index contributed by atoms with van der Waals surface area (Å²) in [5, 5.41) is 5.60. The normalized spacial score (nSPS) is 12.2. The monoisotopic (exact) mass is 614 g/mol. The van der Waals surface area contributed by atoms with E-state index in [0.29, 0.717) is 24.5 Å². The molecule has 4 aromatic carbocycles. The summed E-state index contributed by atoms with van der Waals surface area (Å²) < 4.78 is 35.5. The van der Waals surface area contributed by atoms with Crippen LogP contribution in [-0.4, -0.2) is 30.4 Å². The molecule has 0 saturated heterocycles. The third kappa shape index (κ3) is 8.73. The van der Waals surface area contributed by atoms with E-state index >= 15 is 4.39 Å². The summed E-state index contributed by atoms with van der Waals surface area (Å²) in [6, 6.07) is 24.0. The zero-order valence-corrected chi connectivity index (χ0v) is 24.9. The predicted octanol–water partition coefficient (Wildman–Crippen LogP) is 4.29. The first kappa shape index (κ1) is 32.8. The van der Waals surface area contributed by atoms with Crippen molar-refractivity contribution >= 4 is 17.7 Å². The van der Waals surface area contributed by atoms with Crippen molar-refractivity contribution in [3.8, 4) is 5.75 Å². The highest BCUT2D eigenvalue weighted by Gasteiger charge is 2.33. The van der Waals surface area contributed by atoms with Crippen LogP contribution in [0.4, 0.5) is 8.78 Å². The van der Waals surface area contributed by atoms with Crippen LogP contribution < -0.4 is 26.8 Å². The average molecular weight is 615 g/mol. The molecule has 0 spiro atoms. The van der Waals surface area contributed by atoms with E-state index in [1.165, 1.54) is 0 Å². The zero-order valence-electron chi connectivity index (χ0n) is 24.9. The fraction of sp³-hybridized carbons (Fsp3) is 0.229. The number of hydrogen-bond acceptors (Lipinski definition) is 5. The van der Waals surface area contributed by atoms with Crippen molar-refractivity contribution in [1.82, 2.24) is 10.6 Å². The van der Waals surface area contributed by atoms with E-state index in [1.54, 1.807) is 36.4 Å². The molecule has 45 heavy (non-hydrogen) atoms. The minimum Gasteiger partial charge on any atom is -0.494 e. The van der Waals surface area contributed by atoms with Crippen LogP contribution in [-0.2, 0) is 35.5 Å². The Morgan fingerprint density at radius 3 is 2.02 bits per heavy atom. The van der Waals surface area contributed by atoms with Crippen LogP contribution >= 0.6 is 0 Å². The van der Waals surface area contributed by atoms with Gasteiger partial charge in [0.1, 0.15) is 11.8 Å². The molecule has 3 amide bonds. The second kappa shape index (κ2) is 15.6. The second-order valence-electron chi connectivity index (χ2n) is 10.5. The molecule has 0 aliphatic heterocycles. The third-order valence-corrected chi connectivity index (χ3v) is 7.38. The van der Waals surface area contributed by atoms with E-state index in [0.717, 1.165) is 28.8 Å². The summed E-state index contributed by atoms with van der Waals surface area (Å²) in [4.78, 5) is 39.9. The molecule has 0 radical (unpaired) electrons. The van der Waals surface area contributed by atoms with E-state index in [9.17, 15) is 18.8 Å².